The molecular formula is C16H19ClN8O. The highest BCUT2D eigenvalue weighted by Gasteiger charge is 2.18. The van der Waals surface area contributed by atoms with Crippen molar-refractivity contribution >= 4 is 24.3 Å². The molecular weight excluding hydrogens is 356 g/mol. The Hall–Kier alpha value is -2.78. The molecule has 26 heavy (non-hydrogen) atoms. The van der Waals surface area contributed by atoms with E-state index >= 15 is 0 Å². The van der Waals surface area contributed by atoms with Crippen molar-refractivity contribution in [3.63, 3.8) is 0 Å². The number of nitrogens with one attached hydrogen (secondary N) is 3. The molecule has 0 saturated carbocycles. The molecule has 0 bridgehead atoms. The summed E-state index contributed by atoms with van der Waals surface area (Å²) in [5.74, 6) is 0.350. The summed E-state index contributed by atoms with van der Waals surface area (Å²) in [5.41, 5.74) is 0.999. The van der Waals surface area contributed by atoms with Gasteiger partial charge in [0.2, 0.25) is 5.95 Å². The lowest BCUT2D eigenvalue weighted by molar-refractivity contribution is 0.102. The lowest BCUT2D eigenvalue weighted by atomic mass is 10.1. The number of hydrogen-bond donors (Lipinski definition) is 3. The second-order valence-corrected chi connectivity index (χ2v) is 5.86. The Morgan fingerprint density at radius 1 is 1.31 bits per heavy atom. The van der Waals surface area contributed by atoms with Crippen molar-refractivity contribution in [2.45, 2.75) is 18.9 Å². The van der Waals surface area contributed by atoms with Crippen LogP contribution < -0.4 is 10.6 Å². The van der Waals surface area contributed by atoms with Gasteiger partial charge in [0.15, 0.2) is 11.5 Å². The van der Waals surface area contributed by atoms with Gasteiger partial charge < -0.3 is 5.32 Å². The first-order valence-electron chi connectivity index (χ1n) is 8.20. The molecule has 0 radical (unpaired) electrons. The summed E-state index contributed by atoms with van der Waals surface area (Å²) in [4.78, 5) is 20.8. The fourth-order valence-corrected chi connectivity index (χ4v) is 2.82. The smallest absolute Gasteiger partial charge is 0.278 e. The summed E-state index contributed by atoms with van der Waals surface area (Å²) in [6.07, 6.45) is 5.68. The topological polar surface area (TPSA) is 113 Å². The average Bonchev–Trinajstić information content (AvgIpc) is 3.33. The Bertz CT molecular complexity index is 856. The van der Waals surface area contributed by atoms with E-state index in [1.807, 2.05) is 29.1 Å². The van der Waals surface area contributed by atoms with E-state index in [9.17, 15) is 4.79 Å². The number of nitrogens with zero attached hydrogens (tertiary/aromatic N) is 5. The molecule has 10 heteroatoms. The number of aromatic nitrogens is 6. The zero-order chi connectivity index (χ0) is 17.1. The lowest BCUT2D eigenvalue weighted by Crippen LogP contribution is -2.32. The number of H-pyrrole nitrogens is 1. The van der Waals surface area contributed by atoms with Crippen LogP contribution in [0.25, 0.3) is 11.5 Å². The zero-order valence-corrected chi connectivity index (χ0v) is 14.7. The monoisotopic (exact) mass is 374 g/mol. The Labute approximate surface area is 156 Å². The Kier molecular flexibility index (Phi) is 5.59. The first kappa shape index (κ1) is 18.0. The number of halogens is 1. The minimum Gasteiger partial charge on any atom is -0.315 e. The largest absolute Gasteiger partial charge is 0.315 e. The van der Waals surface area contributed by atoms with Crippen molar-refractivity contribution in [3.8, 4) is 11.5 Å². The van der Waals surface area contributed by atoms with E-state index in [0.717, 1.165) is 25.9 Å². The summed E-state index contributed by atoms with van der Waals surface area (Å²) >= 11 is 0. The molecule has 4 heterocycles. The highest BCUT2D eigenvalue weighted by molar-refractivity contribution is 6.01. The van der Waals surface area contributed by atoms with Gasteiger partial charge in [0.05, 0.1) is 6.04 Å². The molecule has 3 N–H and O–H groups in total. The molecule has 3 aromatic rings. The predicted molar refractivity (Wildman–Crippen MR) is 98.2 cm³/mol. The third-order valence-corrected chi connectivity index (χ3v) is 4.10. The van der Waals surface area contributed by atoms with E-state index in [1.165, 1.54) is 0 Å². The van der Waals surface area contributed by atoms with E-state index in [1.54, 1.807) is 12.3 Å². The number of carbonyl (C=O) groups is 1. The lowest BCUT2D eigenvalue weighted by Gasteiger charge is -2.22. The van der Waals surface area contributed by atoms with Crippen molar-refractivity contribution in [3.05, 3.63) is 42.4 Å². The van der Waals surface area contributed by atoms with Gasteiger partial charge in [-0.15, -0.1) is 17.5 Å². The molecule has 1 amide bonds. The quantitative estimate of drug-likeness (QED) is 0.640. The van der Waals surface area contributed by atoms with Gasteiger partial charge >= 0.3 is 0 Å². The van der Waals surface area contributed by atoms with Crippen LogP contribution in [0.2, 0.25) is 0 Å². The molecule has 1 atom stereocenters. The maximum Gasteiger partial charge on any atom is 0.278 e. The van der Waals surface area contributed by atoms with Crippen LogP contribution in [-0.2, 0) is 0 Å². The fraction of sp³-hybridized carbons (Fsp3) is 0.312. The van der Waals surface area contributed by atoms with Crippen molar-refractivity contribution in [1.82, 2.24) is 35.3 Å². The molecule has 0 spiro atoms. The van der Waals surface area contributed by atoms with E-state index in [2.05, 4.69) is 35.9 Å². The molecule has 3 aromatic heterocycles. The Balaban J connectivity index is 0.00000196. The van der Waals surface area contributed by atoms with Crippen LogP contribution in [0, 0.1) is 0 Å². The van der Waals surface area contributed by atoms with Gasteiger partial charge in [0.25, 0.3) is 5.91 Å². The maximum absolute atomic E-state index is 12.3. The van der Waals surface area contributed by atoms with Gasteiger partial charge in [-0.1, -0.05) is 6.07 Å². The normalized spacial score (nSPS) is 16.7. The molecule has 4 rings (SSSR count). The summed E-state index contributed by atoms with van der Waals surface area (Å²) in [6, 6.07) is 7.48. The number of pyridine rings is 1. The maximum atomic E-state index is 12.3. The van der Waals surface area contributed by atoms with Crippen LogP contribution in [0.15, 0.2) is 36.7 Å². The number of piperidine rings is 1. The van der Waals surface area contributed by atoms with Gasteiger partial charge in [-0.2, -0.15) is 10.1 Å². The number of aromatic amines is 1. The summed E-state index contributed by atoms with van der Waals surface area (Å²) in [7, 11) is 0. The number of anilines is 1. The number of hydrogen-bond acceptors (Lipinski definition) is 6. The molecule has 136 valence electrons. The highest BCUT2D eigenvalue weighted by atomic mass is 35.5. The standard InChI is InChI=1S/C16H18N8O.ClH/c25-15(13-6-9-24(23-13)11-4-3-7-17-10-11)20-16-19-14(21-22-16)12-5-1-2-8-18-12;/h1-2,5-6,8-9,11,17H,3-4,7,10H2,(H2,19,20,21,22,25);1H. The van der Waals surface area contributed by atoms with Gasteiger partial charge in [-0.05, 0) is 37.6 Å². The third kappa shape index (κ3) is 3.89. The van der Waals surface area contributed by atoms with Crippen LogP contribution in [0.3, 0.4) is 0 Å². The third-order valence-electron chi connectivity index (χ3n) is 4.10. The fourth-order valence-electron chi connectivity index (χ4n) is 2.82. The average molecular weight is 375 g/mol. The Morgan fingerprint density at radius 3 is 3.00 bits per heavy atom. The molecule has 0 aliphatic carbocycles. The molecule has 1 aliphatic rings. The molecule has 9 nitrogen and oxygen atoms in total. The second-order valence-electron chi connectivity index (χ2n) is 5.86. The Morgan fingerprint density at radius 2 is 2.23 bits per heavy atom. The summed E-state index contributed by atoms with van der Waals surface area (Å²) < 4.78 is 1.85. The SMILES string of the molecule is Cl.O=C(Nc1n[nH]c(-c2ccccn2)n1)c1ccn(C2CCCNC2)n1. The first-order chi connectivity index (χ1) is 12.3. The summed E-state index contributed by atoms with van der Waals surface area (Å²) in [5, 5.41) is 17.1. The van der Waals surface area contributed by atoms with Crippen molar-refractivity contribution in [2.75, 3.05) is 18.4 Å². The molecule has 1 saturated heterocycles. The van der Waals surface area contributed by atoms with E-state index < -0.39 is 0 Å². The first-order valence-corrected chi connectivity index (χ1v) is 8.20. The number of amides is 1. The van der Waals surface area contributed by atoms with Gasteiger partial charge in [-0.3, -0.25) is 24.9 Å². The van der Waals surface area contributed by atoms with Gasteiger partial charge in [0, 0.05) is 18.9 Å². The van der Waals surface area contributed by atoms with Gasteiger partial charge in [-0.25, -0.2) is 0 Å². The van der Waals surface area contributed by atoms with E-state index in [0.29, 0.717) is 17.2 Å². The molecule has 1 unspecified atom stereocenters. The number of carbonyl (C=O) groups excluding carboxylic acids is 1. The molecule has 1 aliphatic heterocycles. The van der Waals surface area contributed by atoms with Crippen LogP contribution in [-0.4, -0.2) is 48.9 Å². The zero-order valence-electron chi connectivity index (χ0n) is 13.9. The predicted octanol–water partition coefficient (Wildman–Crippen LogP) is 1.66. The van der Waals surface area contributed by atoms with Gasteiger partial charge in [0.1, 0.15) is 5.69 Å². The number of rotatable bonds is 4. The molecule has 1 fully saturated rings. The summed E-state index contributed by atoms with van der Waals surface area (Å²) in [6.45, 7) is 1.91. The van der Waals surface area contributed by atoms with Crippen molar-refractivity contribution in [1.29, 1.82) is 0 Å². The van der Waals surface area contributed by atoms with Crippen LogP contribution in [0.1, 0.15) is 29.4 Å². The van der Waals surface area contributed by atoms with E-state index in [-0.39, 0.29) is 30.3 Å². The van der Waals surface area contributed by atoms with Crippen LogP contribution >= 0.6 is 12.4 Å². The minimum atomic E-state index is -0.339. The second kappa shape index (κ2) is 8.07. The minimum absolute atomic E-state index is 0. The van der Waals surface area contributed by atoms with E-state index in [4.69, 9.17) is 0 Å². The molecule has 0 aromatic carbocycles. The van der Waals surface area contributed by atoms with Crippen molar-refractivity contribution < 1.29 is 4.79 Å². The highest BCUT2D eigenvalue weighted by Crippen LogP contribution is 2.16. The van der Waals surface area contributed by atoms with Crippen LogP contribution in [0.4, 0.5) is 5.95 Å². The van der Waals surface area contributed by atoms with Crippen molar-refractivity contribution in [2.24, 2.45) is 0 Å². The van der Waals surface area contributed by atoms with Crippen LogP contribution in [0.5, 0.6) is 0 Å².